The number of hydrogen-bond donors (Lipinski definition) is 0. The van der Waals surface area contributed by atoms with Crippen molar-refractivity contribution in [2.45, 2.75) is 6.92 Å². The average molecular weight is 420 g/mol. The summed E-state index contributed by atoms with van der Waals surface area (Å²) in [5, 5.41) is 4.74. The van der Waals surface area contributed by atoms with Gasteiger partial charge in [-0.2, -0.15) is 0 Å². The molecule has 0 unspecified atom stereocenters. The Morgan fingerprint density at radius 1 is 1.03 bits per heavy atom. The Labute approximate surface area is 178 Å². The van der Waals surface area contributed by atoms with Crippen molar-refractivity contribution in [3.8, 4) is 28.1 Å². The highest BCUT2D eigenvalue weighted by Crippen LogP contribution is 2.45. The molecular weight excluding hydrogens is 402 g/mol. The minimum absolute atomic E-state index is 0.263. The molecule has 0 saturated carbocycles. The first-order chi connectivity index (χ1) is 14.6. The van der Waals surface area contributed by atoms with E-state index >= 15 is 0 Å². The first kappa shape index (κ1) is 19.7. The van der Waals surface area contributed by atoms with Crippen LogP contribution in [0.15, 0.2) is 77.6 Å². The third-order valence-electron chi connectivity index (χ3n) is 4.62. The van der Waals surface area contributed by atoms with Crippen LogP contribution in [0.3, 0.4) is 0 Å². The Morgan fingerprint density at radius 2 is 1.73 bits per heavy atom. The quantitative estimate of drug-likeness (QED) is 0.412. The zero-order valence-corrected chi connectivity index (χ0v) is 17.1. The van der Waals surface area contributed by atoms with Crippen LogP contribution < -0.4 is 9.64 Å². The van der Waals surface area contributed by atoms with Gasteiger partial charge < -0.3 is 9.26 Å². The largest absolute Gasteiger partial charge is 0.496 e. The molecule has 150 valence electrons. The van der Waals surface area contributed by atoms with Gasteiger partial charge in [0.15, 0.2) is 0 Å². The molecule has 0 bridgehead atoms. The van der Waals surface area contributed by atoms with E-state index in [4.69, 9.17) is 20.9 Å². The number of ether oxygens (including phenoxy) is 1. The topological polar surface area (TPSA) is 68.5 Å². The summed E-state index contributed by atoms with van der Waals surface area (Å²) in [5.74, 6) is 0.642. The van der Waals surface area contributed by atoms with Crippen LogP contribution in [0.5, 0.6) is 5.75 Å². The molecule has 30 heavy (non-hydrogen) atoms. The van der Waals surface area contributed by atoms with Gasteiger partial charge in [-0.25, -0.2) is 4.90 Å². The number of rotatable bonds is 5. The number of hydrogen-bond acceptors (Lipinski definition) is 5. The molecule has 2 heterocycles. The fraction of sp³-hybridized carbons (Fsp3) is 0.0870. The Kier molecular flexibility index (Phi) is 5.50. The Morgan fingerprint density at radius 3 is 2.43 bits per heavy atom. The molecule has 1 amide bonds. The number of anilines is 2. The van der Waals surface area contributed by atoms with E-state index in [-0.39, 0.29) is 11.8 Å². The first-order valence-corrected chi connectivity index (χ1v) is 9.58. The molecule has 2 aromatic carbocycles. The number of amides is 1. The fourth-order valence-electron chi connectivity index (χ4n) is 3.29. The van der Waals surface area contributed by atoms with Crippen molar-refractivity contribution in [2.24, 2.45) is 0 Å². The van der Waals surface area contributed by atoms with Gasteiger partial charge in [-0.05, 0) is 42.0 Å². The lowest BCUT2D eigenvalue weighted by Gasteiger charge is -2.20. The molecule has 2 aromatic heterocycles. The molecule has 0 aliphatic carbocycles. The lowest BCUT2D eigenvalue weighted by Crippen LogP contribution is -2.23. The number of halogens is 1. The van der Waals surface area contributed by atoms with Crippen molar-refractivity contribution in [3.05, 3.63) is 78.1 Å². The Balaban J connectivity index is 2.00. The summed E-state index contributed by atoms with van der Waals surface area (Å²) < 4.78 is 11.3. The number of pyridine rings is 1. The fourth-order valence-corrected chi connectivity index (χ4v) is 3.51. The molecule has 4 aromatic rings. The summed E-state index contributed by atoms with van der Waals surface area (Å²) >= 11 is 6.40. The van der Waals surface area contributed by atoms with Gasteiger partial charge in [-0.15, -0.1) is 0 Å². The molecule has 0 spiro atoms. The SMILES string of the molecule is COc1ccccc1-c1noc(N(C(C)=O)c2ccccc2Cl)c1-c1ccncc1. The van der Waals surface area contributed by atoms with Crippen LogP contribution in [-0.2, 0) is 4.79 Å². The van der Waals surface area contributed by atoms with Gasteiger partial charge in [0.25, 0.3) is 0 Å². The van der Waals surface area contributed by atoms with E-state index in [0.29, 0.717) is 27.7 Å². The second-order valence-electron chi connectivity index (χ2n) is 6.45. The van der Waals surface area contributed by atoms with Crippen molar-refractivity contribution in [1.29, 1.82) is 0 Å². The van der Waals surface area contributed by atoms with E-state index in [1.165, 1.54) is 11.8 Å². The second kappa shape index (κ2) is 8.39. The summed E-state index contributed by atoms with van der Waals surface area (Å²) in [6.45, 7) is 1.45. The molecule has 0 saturated heterocycles. The van der Waals surface area contributed by atoms with Crippen LogP contribution in [0, 0.1) is 0 Å². The van der Waals surface area contributed by atoms with Crippen molar-refractivity contribution >= 4 is 29.1 Å². The summed E-state index contributed by atoms with van der Waals surface area (Å²) in [6.07, 6.45) is 3.34. The molecular formula is C23H18ClN3O3. The highest BCUT2D eigenvalue weighted by molar-refractivity contribution is 6.34. The van der Waals surface area contributed by atoms with Gasteiger partial charge in [-0.1, -0.05) is 41.0 Å². The monoisotopic (exact) mass is 419 g/mol. The van der Waals surface area contributed by atoms with E-state index in [0.717, 1.165) is 11.1 Å². The summed E-state index contributed by atoms with van der Waals surface area (Å²) in [4.78, 5) is 18.2. The van der Waals surface area contributed by atoms with Crippen molar-refractivity contribution < 1.29 is 14.1 Å². The van der Waals surface area contributed by atoms with Crippen LogP contribution in [0.2, 0.25) is 5.02 Å². The maximum Gasteiger partial charge on any atom is 0.247 e. The summed E-state index contributed by atoms with van der Waals surface area (Å²) in [6, 6.07) is 18.2. The molecule has 7 heteroatoms. The van der Waals surface area contributed by atoms with Crippen molar-refractivity contribution in [1.82, 2.24) is 10.1 Å². The Hall–Kier alpha value is -3.64. The second-order valence-corrected chi connectivity index (χ2v) is 6.86. The third-order valence-corrected chi connectivity index (χ3v) is 4.94. The number of carbonyl (C=O) groups excluding carboxylic acids is 1. The number of para-hydroxylation sites is 2. The predicted molar refractivity (Wildman–Crippen MR) is 116 cm³/mol. The average Bonchev–Trinajstić information content (AvgIpc) is 3.20. The molecule has 0 N–H and O–H groups in total. The van der Waals surface area contributed by atoms with Crippen molar-refractivity contribution in [3.63, 3.8) is 0 Å². The molecule has 0 fully saturated rings. The maximum absolute atomic E-state index is 12.7. The molecule has 4 rings (SSSR count). The van der Waals surface area contributed by atoms with Crippen LogP contribution in [-0.4, -0.2) is 23.2 Å². The van der Waals surface area contributed by atoms with Crippen molar-refractivity contribution in [2.75, 3.05) is 12.0 Å². The standard InChI is InChI=1S/C23H18ClN3O3/c1-15(28)27(19-9-5-4-8-18(19)24)23-21(16-11-13-25-14-12-16)22(26-30-23)17-7-3-6-10-20(17)29-2/h3-14H,1-2H3. The van der Waals surface area contributed by atoms with Gasteiger partial charge in [0.2, 0.25) is 11.8 Å². The smallest absolute Gasteiger partial charge is 0.247 e. The summed E-state index contributed by atoms with van der Waals surface area (Å²) in [7, 11) is 1.59. The normalized spacial score (nSPS) is 10.6. The molecule has 6 nitrogen and oxygen atoms in total. The zero-order chi connectivity index (χ0) is 21.1. The van der Waals surface area contributed by atoms with Crippen LogP contribution in [0.1, 0.15) is 6.92 Å². The van der Waals surface area contributed by atoms with Crippen LogP contribution >= 0.6 is 11.6 Å². The van der Waals surface area contributed by atoms with Crippen LogP contribution in [0.25, 0.3) is 22.4 Å². The van der Waals surface area contributed by atoms with E-state index < -0.39 is 0 Å². The minimum atomic E-state index is -0.263. The zero-order valence-electron chi connectivity index (χ0n) is 16.4. The van der Waals surface area contributed by atoms with Gasteiger partial charge >= 0.3 is 0 Å². The number of methoxy groups -OCH3 is 1. The van der Waals surface area contributed by atoms with Gasteiger partial charge in [0.1, 0.15) is 11.4 Å². The van der Waals surface area contributed by atoms with Gasteiger partial charge in [0.05, 0.1) is 23.4 Å². The van der Waals surface area contributed by atoms with Gasteiger partial charge in [0, 0.05) is 24.9 Å². The summed E-state index contributed by atoms with van der Waals surface area (Å²) in [5.41, 5.74) is 3.22. The number of nitrogens with zero attached hydrogens (tertiary/aromatic N) is 3. The lowest BCUT2D eigenvalue weighted by molar-refractivity contribution is -0.116. The highest BCUT2D eigenvalue weighted by Gasteiger charge is 2.29. The molecule has 0 radical (unpaired) electrons. The van der Waals surface area contributed by atoms with E-state index in [1.54, 1.807) is 43.8 Å². The molecule has 0 atom stereocenters. The molecule has 0 aliphatic rings. The van der Waals surface area contributed by atoms with E-state index in [9.17, 15) is 4.79 Å². The third kappa shape index (κ3) is 3.53. The van der Waals surface area contributed by atoms with E-state index in [1.807, 2.05) is 36.4 Å². The lowest BCUT2D eigenvalue weighted by atomic mass is 10.0. The highest BCUT2D eigenvalue weighted by atomic mass is 35.5. The maximum atomic E-state index is 12.7. The van der Waals surface area contributed by atoms with E-state index in [2.05, 4.69) is 10.1 Å². The predicted octanol–water partition coefficient (Wildman–Crippen LogP) is 5.75. The molecule has 0 aliphatic heterocycles. The Bertz CT molecular complexity index is 1190. The van der Waals surface area contributed by atoms with Crippen LogP contribution in [0.4, 0.5) is 11.6 Å². The number of aromatic nitrogens is 2. The minimum Gasteiger partial charge on any atom is -0.496 e. The number of carbonyl (C=O) groups is 1. The number of benzene rings is 2. The first-order valence-electron chi connectivity index (χ1n) is 9.20. The van der Waals surface area contributed by atoms with Gasteiger partial charge in [-0.3, -0.25) is 9.78 Å².